The van der Waals surface area contributed by atoms with Crippen LogP contribution in [0.3, 0.4) is 0 Å². The zero-order valence-corrected chi connectivity index (χ0v) is 8.15. The summed E-state index contributed by atoms with van der Waals surface area (Å²) < 4.78 is 0. The zero-order chi connectivity index (χ0) is 10.8. The Kier molecular flexibility index (Phi) is 1.96. The largest absolute Gasteiger partial charge is 0.253 e. The van der Waals surface area contributed by atoms with Gasteiger partial charge < -0.3 is 0 Å². The molecule has 0 saturated carbocycles. The Labute approximate surface area is 90.9 Å². The molecule has 4 heterocycles. The van der Waals surface area contributed by atoms with Crippen LogP contribution in [-0.4, -0.2) is 12.4 Å². The molecule has 4 aliphatic rings. The lowest BCUT2D eigenvalue weighted by Gasteiger charge is -1.79. The molecule has 0 spiro atoms. The van der Waals surface area contributed by atoms with E-state index in [0.717, 1.165) is 22.8 Å². The van der Waals surface area contributed by atoms with Crippen molar-refractivity contribution in [1.29, 1.82) is 0 Å². The molecule has 76 valence electrons. The summed E-state index contributed by atoms with van der Waals surface area (Å²) in [4.78, 5) is 7.91. The van der Waals surface area contributed by atoms with E-state index in [1.807, 2.05) is 12.2 Å². The van der Waals surface area contributed by atoms with Gasteiger partial charge in [0.25, 0.3) is 0 Å². The summed E-state index contributed by atoms with van der Waals surface area (Å²) in [7, 11) is 0. The van der Waals surface area contributed by atoms with Crippen LogP contribution >= 0.6 is 0 Å². The minimum atomic E-state index is 0.880. The van der Waals surface area contributed by atoms with Crippen LogP contribution in [0.4, 0.5) is 0 Å². The van der Waals surface area contributed by atoms with Gasteiger partial charge in [-0.2, -0.15) is 10.2 Å². The summed E-state index contributed by atoms with van der Waals surface area (Å²) in [5.74, 6) is 0. The number of hydrogen-bond acceptors (Lipinski definition) is 6. The van der Waals surface area contributed by atoms with Gasteiger partial charge in [-0.05, 0) is 12.2 Å². The van der Waals surface area contributed by atoms with Crippen LogP contribution in [0.2, 0.25) is 0 Å². The third-order valence-corrected chi connectivity index (χ3v) is 2.11. The molecule has 0 fully saturated rings. The third-order valence-electron chi connectivity index (χ3n) is 2.11. The monoisotopic (exact) mass is 210 g/mol. The van der Waals surface area contributed by atoms with Crippen LogP contribution in [0.5, 0.6) is 0 Å². The van der Waals surface area contributed by atoms with E-state index in [4.69, 9.17) is 0 Å². The van der Waals surface area contributed by atoms with Gasteiger partial charge in [0.05, 0.1) is 12.4 Å². The van der Waals surface area contributed by atoms with Crippen molar-refractivity contribution >= 4 is 12.4 Å². The lowest BCUT2D eigenvalue weighted by Crippen LogP contribution is -1.66. The van der Waals surface area contributed by atoms with Gasteiger partial charge in [-0.25, -0.2) is 0 Å². The molecule has 0 aromatic heterocycles. The highest BCUT2D eigenvalue weighted by Gasteiger charge is 2.10. The summed E-state index contributed by atoms with van der Waals surface area (Å²) in [6, 6.07) is 0. The van der Waals surface area contributed by atoms with Crippen molar-refractivity contribution in [2.24, 2.45) is 30.4 Å². The Bertz CT molecular complexity index is 464. The first-order valence-electron chi connectivity index (χ1n) is 4.65. The van der Waals surface area contributed by atoms with E-state index < -0.39 is 0 Å². The van der Waals surface area contributed by atoms with E-state index in [9.17, 15) is 0 Å². The van der Waals surface area contributed by atoms with E-state index in [1.54, 1.807) is 24.8 Å². The van der Waals surface area contributed by atoms with Crippen LogP contribution in [0.1, 0.15) is 0 Å². The second-order valence-corrected chi connectivity index (χ2v) is 3.12. The van der Waals surface area contributed by atoms with Gasteiger partial charge in [-0.1, -0.05) is 0 Å². The van der Waals surface area contributed by atoms with E-state index in [1.165, 1.54) is 0 Å². The van der Waals surface area contributed by atoms with E-state index in [-0.39, 0.29) is 0 Å². The maximum Gasteiger partial charge on any atom is 0.114 e. The van der Waals surface area contributed by atoms with E-state index >= 15 is 0 Å². The highest BCUT2D eigenvalue weighted by atomic mass is 15.2. The van der Waals surface area contributed by atoms with Crippen LogP contribution < -0.4 is 0 Å². The topological polar surface area (TPSA) is 74.2 Å². The van der Waals surface area contributed by atoms with Crippen molar-refractivity contribution in [1.82, 2.24) is 0 Å². The van der Waals surface area contributed by atoms with Crippen LogP contribution in [-0.2, 0) is 0 Å². The number of rotatable bonds is 0. The second kappa shape index (κ2) is 3.58. The van der Waals surface area contributed by atoms with Gasteiger partial charge >= 0.3 is 0 Å². The van der Waals surface area contributed by atoms with Crippen LogP contribution in [0, 0.1) is 0 Å². The minimum Gasteiger partial charge on any atom is -0.253 e. The van der Waals surface area contributed by atoms with Crippen molar-refractivity contribution in [2.75, 3.05) is 0 Å². The lowest BCUT2D eigenvalue weighted by molar-refractivity contribution is 1.23. The Balaban J connectivity index is 0.000000101. The Morgan fingerprint density at radius 2 is 1.12 bits per heavy atom. The van der Waals surface area contributed by atoms with Crippen LogP contribution in [0.15, 0.2) is 77.8 Å². The molecule has 0 amide bonds. The smallest absolute Gasteiger partial charge is 0.114 e. The number of aliphatic imine (C=N–C) groups is 2. The normalized spacial score (nSPS) is 21.0. The van der Waals surface area contributed by atoms with Gasteiger partial charge in [0, 0.05) is 12.4 Å². The fraction of sp³-hybridized carbons (Fsp3) is 0. The molecule has 0 saturated heterocycles. The first-order valence-corrected chi connectivity index (χ1v) is 4.65. The lowest BCUT2D eigenvalue weighted by atomic mass is 10.4. The molecule has 0 bridgehead atoms. The fourth-order valence-corrected chi connectivity index (χ4v) is 1.34. The summed E-state index contributed by atoms with van der Waals surface area (Å²) in [5.41, 5.74) is 3.52. The summed E-state index contributed by atoms with van der Waals surface area (Å²) >= 11 is 0. The van der Waals surface area contributed by atoms with Crippen molar-refractivity contribution in [3.8, 4) is 0 Å². The fourth-order valence-electron chi connectivity index (χ4n) is 1.34. The number of hydrogen-bond donors (Lipinski definition) is 0. The molecule has 0 atom stereocenters. The van der Waals surface area contributed by atoms with Crippen molar-refractivity contribution in [3.05, 3.63) is 47.3 Å². The molecule has 0 radical (unpaired) electrons. The number of fused-ring (bicyclic) bond motifs is 2. The predicted octanol–water partition coefficient (Wildman–Crippen LogP) is 2.52. The Hall–Kier alpha value is -2.50. The molecule has 0 unspecified atom stereocenters. The Morgan fingerprint density at radius 3 is 1.56 bits per heavy atom. The van der Waals surface area contributed by atoms with E-state index in [2.05, 4.69) is 30.4 Å². The molecule has 6 heteroatoms. The van der Waals surface area contributed by atoms with Gasteiger partial charge in [0.1, 0.15) is 22.8 Å². The highest BCUT2D eigenvalue weighted by Crippen LogP contribution is 2.22. The molecular weight excluding hydrogens is 204 g/mol. The molecule has 6 nitrogen and oxygen atoms in total. The molecule has 0 aliphatic carbocycles. The summed E-state index contributed by atoms with van der Waals surface area (Å²) in [5, 5.41) is 14.8. The molecular formula is C10H6N6. The van der Waals surface area contributed by atoms with Crippen molar-refractivity contribution < 1.29 is 0 Å². The van der Waals surface area contributed by atoms with E-state index in [0.29, 0.717) is 0 Å². The molecule has 16 heavy (non-hydrogen) atoms. The second-order valence-electron chi connectivity index (χ2n) is 3.12. The number of nitrogens with zero attached hydrogens (tertiary/aromatic N) is 6. The SMILES string of the molecule is C1=NC2=CN=NC2=C1.C1=NC2=CN=NC2=C1. The van der Waals surface area contributed by atoms with Gasteiger partial charge in [-0.3, -0.25) is 9.98 Å². The Morgan fingerprint density at radius 1 is 0.625 bits per heavy atom. The highest BCUT2D eigenvalue weighted by molar-refractivity contribution is 5.80. The van der Waals surface area contributed by atoms with Crippen LogP contribution in [0.25, 0.3) is 0 Å². The molecule has 4 rings (SSSR count). The quantitative estimate of drug-likeness (QED) is 0.589. The maximum atomic E-state index is 3.95. The standard InChI is InChI=1S/2C5H3N3/c2*1-2-6-5-3-7-8-4(1)5/h2*1-3H. The summed E-state index contributed by atoms with van der Waals surface area (Å²) in [6.07, 6.45) is 10.4. The van der Waals surface area contributed by atoms with Crippen molar-refractivity contribution in [3.63, 3.8) is 0 Å². The average molecular weight is 210 g/mol. The molecule has 4 aliphatic heterocycles. The first-order chi connectivity index (χ1) is 7.93. The summed E-state index contributed by atoms with van der Waals surface area (Å²) in [6.45, 7) is 0. The molecule has 0 aromatic carbocycles. The number of allylic oxidation sites excluding steroid dienone is 2. The molecule has 0 aromatic rings. The average Bonchev–Trinajstić information content (AvgIpc) is 2.99. The van der Waals surface area contributed by atoms with Gasteiger partial charge in [0.15, 0.2) is 0 Å². The third kappa shape index (κ3) is 1.46. The predicted molar refractivity (Wildman–Crippen MR) is 59.0 cm³/mol. The van der Waals surface area contributed by atoms with Crippen molar-refractivity contribution in [2.45, 2.75) is 0 Å². The van der Waals surface area contributed by atoms with Gasteiger partial charge in [-0.15, -0.1) is 10.2 Å². The zero-order valence-electron chi connectivity index (χ0n) is 8.15. The molecule has 0 N–H and O–H groups in total. The first kappa shape index (κ1) is 8.78. The minimum absolute atomic E-state index is 0.880. The van der Waals surface area contributed by atoms with Gasteiger partial charge in [0.2, 0.25) is 0 Å². The maximum absolute atomic E-state index is 3.95. The number of azo groups is 2.